The molecule has 0 bridgehead atoms. The maximum absolute atomic E-state index is 13.7. The van der Waals surface area contributed by atoms with E-state index in [0.29, 0.717) is 15.9 Å². The molecular weight excluding hydrogens is 435 g/mol. The molecule has 2 aromatic rings. The first-order valence-electron chi connectivity index (χ1n) is 8.73. The zero-order chi connectivity index (χ0) is 20.6. The number of carbonyl (C=O) groups is 2. The smallest absolute Gasteiger partial charge is 0.410 e. The monoisotopic (exact) mass is 456 g/mol. The number of hydrogen-bond acceptors (Lipinski definition) is 6. The molecule has 1 aliphatic rings. The summed E-state index contributed by atoms with van der Waals surface area (Å²) in [5.41, 5.74) is 5.69. The molecule has 0 radical (unpaired) electrons. The molecule has 1 aliphatic heterocycles. The fraction of sp³-hybridized carbons (Fsp3) is 0.529. The van der Waals surface area contributed by atoms with Crippen molar-refractivity contribution in [1.29, 1.82) is 0 Å². The summed E-state index contributed by atoms with van der Waals surface area (Å²) in [6, 6.07) is -0.447. The number of rotatable bonds is 4. The fourth-order valence-corrected chi connectivity index (χ4v) is 3.45. The number of hydrogen-bond donors (Lipinski definition) is 2. The Balaban J connectivity index is 1.89. The van der Waals surface area contributed by atoms with Gasteiger partial charge in [-0.2, -0.15) is 5.10 Å². The molecule has 3 rings (SSSR count). The lowest BCUT2D eigenvalue weighted by molar-refractivity contribution is 0.0286. The van der Waals surface area contributed by atoms with Crippen LogP contribution in [0.5, 0.6) is 0 Å². The lowest BCUT2D eigenvalue weighted by Crippen LogP contribution is -2.36. The third-order valence-corrected chi connectivity index (χ3v) is 4.73. The van der Waals surface area contributed by atoms with Gasteiger partial charge in [0, 0.05) is 19.0 Å². The quantitative estimate of drug-likeness (QED) is 0.728. The number of carbonyl (C=O) groups excluding carboxylic acids is 2. The largest absolute Gasteiger partial charge is 0.444 e. The second-order valence-electron chi connectivity index (χ2n) is 7.68. The second kappa shape index (κ2) is 7.53. The number of aromatic nitrogens is 3. The Morgan fingerprint density at radius 1 is 1.43 bits per heavy atom. The van der Waals surface area contributed by atoms with Crippen LogP contribution in [-0.4, -0.2) is 62.9 Å². The van der Waals surface area contributed by atoms with Crippen LogP contribution in [0.25, 0.3) is 5.65 Å². The van der Waals surface area contributed by atoms with Crippen molar-refractivity contribution in [2.24, 2.45) is 11.7 Å². The van der Waals surface area contributed by atoms with Gasteiger partial charge in [0.25, 0.3) is 5.91 Å². The second-order valence-corrected chi connectivity index (χ2v) is 8.49. The highest BCUT2D eigenvalue weighted by Gasteiger charge is 2.38. The van der Waals surface area contributed by atoms with Crippen molar-refractivity contribution >= 4 is 39.3 Å². The molecule has 0 spiro atoms. The van der Waals surface area contributed by atoms with Gasteiger partial charge < -0.3 is 20.7 Å². The zero-order valence-electron chi connectivity index (χ0n) is 15.8. The van der Waals surface area contributed by atoms with Crippen LogP contribution in [0.15, 0.2) is 17.0 Å². The standard InChI is InChI=1S/C17H22BrFN6O3/c1-17(2,3)28-16(27)24-6-9(4-19)11(7-24)22-13-10(14(20)26)5-21-25-8-12(18)23-15(13)25/h5,8-9,11,22H,4,6-7H2,1-3H3,(H2,20,26)/t9-,11+/m0/s1. The average molecular weight is 457 g/mol. The molecule has 0 aromatic carbocycles. The SMILES string of the molecule is CC(C)(C)OC(=O)N1C[C@H](CF)[C@H](Nc2c(C(N)=O)cnn3cc(Br)nc23)C1. The molecule has 1 fully saturated rings. The van der Waals surface area contributed by atoms with Crippen molar-refractivity contribution < 1.29 is 18.7 Å². The molecule has 11 heteroatoms. The van der Waals surface area contributed by atoms with Crippen LogP contribution in [0.2, 0.25) is 0 Å². The van der Waals surface area contributed by atoms with E-state index in [0.717, 1.165) is 0 Å². The topological polar surface area (TPSA) is 115 Å². The van der Waals surface area contributed by atoms with Gasteiger partial charge in [-0.1, -0.05) is 0 Å². The Morgan fingerprint density at radius 3 is 2.75 bits per heavy atom. The number of nitrogens with one attached hydrogen (secondary N) is 1. The minimum absolute atomic E-state index is 0.138. The molecule has 2 amide bonds. The molecule has 152 valence electrons. The number of alkyl halides is 1. The molecule has 1 saturated heterocycles. The van der Waals surface area contributed by atoms with E-state index >= 15 is 0 Å². The predicted molar refractivity (Wildman–Crippen MR) is 104 cm³/mol. The Bertz CT molecular complexity index is 912. The number of halogens is 2. The number of imidazole rings is 1. The van der Waals surface area contributed by atoms with Gasteiger partial charge in [0.05, 0.1) is 36.4 Å². The van der Waals surface area contributed by atoms with E-state index in [2.05, 4.69) is 31.3 Å². The summed E-state index contributed by atoms with van der Waals surface area (Å²) in [5, 5.41) is 7.27. The lowest BCUT2D eigenvalue weighted by Gasteiger charge is -2.24. The minimum Gasteiger partial charge on any atom is -0.444 e. The molecular formula is C17H22BrFN6O3. The lowest BCUT2D eigenvalue weighted by atomic mass is 10.0. The number of primary amides is 1. The molecule has 0 unspecified atom stereocenters. The van der Waals surface area contributed by atoms with Crippen LogP contribution in [0.1, 0.15) is 31.1 Å². The van der Waals surface area contributed by atoms with E-state index in [4.69, 9.17) is 10.5 Å². The number of fused-ring (bicyclic) bond motifs is 1. The summed E-state index contributed by atoms with van der Waals surface area (Å²) in [4.78, 5) is 30.0. The minimum atomic E-state index is -0.685. The highest BCUT2D eigenvalue weighted by Crippen LogP contribution is 2.28. The van der Waals surface area contributed by atoms with Crippen LogP contribution in [-0.2, 0) is 4.74 Å². The van der Waals surface area contributed by atoms with Crippen molar-refractivity contribution in [3.05, 3.63) is 22.6 Å². The Hall–Kier alpha value is -2.43. The van der Waals surface area contributed by atoms with Crippen molar-refractivity contribution in [1.82, 2.24) is 19.5 Å². The van der Waals surface area contributed by atoms with Crippen LogP contribution >= 0.6 is 15.9 Å². The summed E-state index contributed by atoms with van der Waals surface area (Å²) in [6.07, 6.45) is 2.45. The molecule has 2 aromatic heterocycles. The predicted octanol–water partition coefficient (Wildman–Crippen LogP) is 2.21. The molecule has 0 saturated carbocycles. The Labute approximate surface area is 169 Å². The summed E-state index contributed by atoms with van der Waals surface area (Å²) in [7, 11) is 0. The Morgan fingerprint density at radius 2 is 2.14 bits per heavy atom. The fourth-order valence-electron chi connectivity index (χ4n) is 3.09. The molecule has 2 atom stereocenters. The summed E-state index contributed by atoms with van der Waals surface area (Å²) < 4.78 is 21.0. The normalized spacial score (nSPS) is 19.8. The third-order valence-electron chi connectivity index (χ3n) is 4.35. The van der Waals surface area contributed by atoms with Crippen LogP contribution in [0.4, 0.5) is 14.9 Å². The number of likely N-dealkylation sites (tertiary alicyclic amines) is 1. The number of ether oxygens (including phenoxy) is 1. The average Bonchev–Trinajstić information content (AvgIpc) is 3.16. The van der Waals surface area contributed by atoms with Gasteiger partial charge in [-0.05, 0) is 36.7 Å². The van der Waals surface area contributed by atoms with Gasteiger partial charge in [-0.3, -0.25) is 9.18 Å². The van der Waals surface area contributed by atoms with Crippen molar-refractivity contribution in [2.45, 2.75) is 32.4 Å². The van der Waals surface area contributed by atoms with E-state index in [1.165, 1.54) is 15.6 Å². The highest BCUT2D eigenvalue weighted by molar-refractivity contribution is 9.10. The first-order valence-corrected chi connectivity index (χ1v) is 9.52. The summed E-state index contributed by atoms with van der Waals surface area (Å²) >= 11 is 3.27. The molecule has 3 N–H and O–H groups in total. The van der Waals surface area contributed by atoms with Crippen molar-refractivity contribution in [2.75, 3.05) is 25.1 Å². The maximum atomic E-state index is 13.7. The van der Waals surface area contributed by atoms with Gasteiger partial charge in [0.2, 0.25) is 0 Å². The van der Waals surface area contributed by atoms with Crippen molar-refractivity contribution in [3.8, 4) is 0 Å². The van der Waals surface area contributed by atoms with Gasteiger partial charge >= 0.3 is 6.09 Å². The summed E-state index contributed by atoms with van der Waals surface area (Å²) in [5.74, 6) is -1.16. The maximum Gasteiger partial charge on any atom is 0.410 e. The van der Waals surface area contributed by atoms with E-state index in [1.54, 1.807) is 27.0 Å². The summed E-state index contributed by atoms with van der Waals surface area (Å²) in [6.45, 7) is 5.10. The molecule has 28 heavy (non-hydrogen) atoms. The number of amides is 2. The van der Waals surface area contributed by atoms with E-state index in [9.17, 15) is 14.0 Å². The van der Waals surface area contributed by atoms with Gasteiger partial charge in [0.15, 0.2) is 5.65 Å². The van der Waals surface area contributed by atoms with Gasteiger partial charge in [0.1, 0.15) is 10.2 Å². The number of nitrogens with zero attached hydrogens (tertiary/aromatic N) is 4. The van der Waals surface area contributed by atoms with Gasteiger partial charge in [-0.25, -0.2) is 14.3 Å². The van der Waals surface area contributed by atoms with Crippen molar-refractivity contribution in [3.63, 3.8) is 0 Å². The molecule has 3 heterocycles. The highest BCUT2D eigenvalue weighted by atomic mass is 79.9. The first-order chi connectivity index (χ1) is 13.1. The van der Waals surface area contributed by atoms with Crippen LogP contribution in [0.3, 0.4) is 0 Å². The van der Waals surface area contributed by atoms with Crippen LogP contribution < -0.4 is 11.1 Å². The third kappa shape index (κ3) is 4.18. The van der Waals surface area contributed by atoms with E-state index < -0.39 is 36.2 Å². The van der Waals surface area contributed by atoms with Gasteiger partial charge in [-0.15, -0.1) is 0 Å². The zero-order valence-corrected chi connectivity index (χ0v) is 17.4. The van der Waals surface area contributed by atoms with E-state index in [1.807, 2.05) is 0 Å². The molecule has 0 aliphatic carbocycles. The first kappa shape index (κ1) is 20.3. The molecule has 9 nitrogen and oxygen atoms in total. The van der Waals surface area contributed by atoms with Crippen LogP contribution in [0, 0.1) is 5.92 Å². The number of nitrogens with two attached hydrogens (primary N) is 1. The van der Waals surface area contributed by atoms with E-state index in [-0.39, 0.29) is 18.7 Å². The number of anilines is 1. The Kier molecular flexibility index (Phi) is 5.46.